The molecule has 1 aliphatic rings. The quantitative estimate of drug-likeness (QED) is 0.467. The van der Waals surface area contributed by atoms with Crippen LogP contribution in [0.2, 0.25) is 0 Å². The predicted octanol–water partition coefficient (Wildman–Crippen LogP) is 3.13. The Balaban J connectivity index is 2.33. The number of ether oxygens (including phenoxy) is 1. The van der Waals surface area contributed by atoms with Crippen molar-refractivity contribution < 1.29 is 19.4 Å². The molecule has 0 N–H and O–H groups in total. The topological polar surface area (TPSA) is 70.8 Å². The first-order chi connectivity index (χ1) is 8.74. The van der Waals surface area contributed by atoms with E-state index in [2.05, 4.69) is 0 Å². The Labute approximate surface area is 111 Å². The third-order valence-corrected chi connectivity index (χ3v) is 3.58. The molecule has 1 atom stereocenters. The summed E-state index contributed by atoms with van der Waals surface area (Å²) in [5.74, 6) is 0. The molecule has 6 heteroatoms. The van der Waals surface area contributed by atoms with E-state index in [4.69, 9.17) is 14.5 Å². The van der Waals surface area contributed by atoms with Crippen LogP contribution in [0.5, 0.6) is 0 Å². The van der Waals surface area contributed by atoms with Gasteiger partial charge in [0.05, 0.1) is 16.1 Å². The summed E-state index contributed by atoms with van der Waals surface area (Å²) in [6.45, 7) is 7.39. The fourth-order valence-corrected chi connectivity index (χ4v) is 1.66. The first kappa shape index (κ1) is 13.9. The zero-order chi connectivity index (χ0) is 14.3. The molecule has 2 rings (SSSR count). The SMILES string of the molecule is CC1(C)OOC(c2ccccc2[N+](=O)[O-])OC1(C)C. The highest BCUT2D eigenvalue weighted by atomic mass is 17.2. The lowest BCUT2D eigenvalue weighted by Gasteiger charge is -2.46. The van der Waals surface area contributed by atoms with Gasteiger partial charge in [0.15, 0.2) is 0 Å². The summed E-state index contributed by atoms with van der Waals surface area (Å²) in [5.41, 5.74) is -0.991. The third-order valence-electron chi connectivity index (χ3n) is 3.58. The summed E-state index contributed by atoms with van der Waals surface area (Å²) >= 11 is 0. The normalized spacial score (nSPS) is 24.9. The van der Waals surface area contributed by atoms with Crippen molar-refractivity contribution in [2.24, 2.45) is 0 Å². The number of nitro groups is 1. The number of benzene rings is 1. The van der Waals surface area contributed by atoms with Gasteiger partial charge in [0.1, 0.15) is 5.60 Å². The zero-order valence-electron chi connectivity index (χ0n) is 11.4. The van der Waals surface area contributed by atoms with Crippen molar-refractivity contribution >= 4 is 5.69 Å². The third kappa shape index (κ3) is 2.47. The van der Waals surface area contributed by atoms with Crippen molar-refractivity contribution in [1.29, 1.82) is 0 Å². The summed E-state index contributed by atoms with van der Waals surface area (Å²) in [6.07, 6.45) is -0.912. The molecule has 0 bridgehead atoms. The summed E-state index contributed by atoms with van der Waals surface area (Å²) in [4.78, 5) is 21.1. The van der Waals surface area contributed by atoms with Gasteiger partial charge < -0.3 is 4.74 Å². The Morgan fingerprint density at radius 2 is 1.79 bits per heavy atom. The summed E-state index contributed by atoms with van der Waals surface area (Å²) in [5, 5.41) is 11.0. The van der Waals surface area contributed by atoms with Crippen LogP contribution >= 0.6 is 0 Å². The highest BCUT2D eigenvalue weighted by Gasteiger charge is 2.48. The number of nitrogens with zero attached hydrogens (tertiary/aromatic N) is 1. The lowest BCUT2D eigenvalue weighted by Crippen LogP contribution is -2.54. The van der Waals surface area contributed by atoms with Gasteiger partial charge >= 0.3 is 0 Å². The average Bonchev–Trinajstić information content (AvgIpc) is 2.33. The van der Waals surface area contributed by atoms with E-state index in [9.17, 15) is 10.1 Å². The second-order valence-corrected chi connectivity index (χ2v) is 5.47. The fraction of sp³-hybridized carbons (Fsp3) is 0.538. The van der Waals surface area contributed by atoms with Crippen molar-refractivity contribution in [3.05, 3.63) is 39.9 Å². The van der Waals surface area contributed by atoms with Crippen LogP contribution in [0.15, 0.2) is 24.3 Å². The van der Waals surface area contributed by atoms with Crippen LogP contribution in [0.3, 0.4) is 0 Å². The first-order valence-corrected chi connectivity index (χ1v) is 6.00. The maximum Gasteiger partial charge on any atom is 0.277 e. The van der Waals surface area contributed by atoms with Crippen LogP contribution in [-0.2, 0) is 14.5 Å². The Morgan fingerprint density at radius 1 is 1.16 bits per heavy atom. The molecular weight excluding hydrogens is 250 g/mol. The van der Waals surface area contributed by atoms with Gasteiger partial charge in [-0.1, -0.05) is 12.1 Å². The van der Waals surface area contributed by atoms with Gasteiger partial charge in [-0.3, -0.25) is 10.1 Å². The first-order valence-electron chi connectivity index (χ1n) is 6.00. The number of nitro benzene ring substituents is 1. The molecule has 1 aromatic rings. The number of rotatable bonds is 2. The van der Waals surface area contributed by atoms with E-state index in [0.717, 1.165) is 0 Å². The Kier molecular flexibility index (Phi) is 3.34. The lowest BCUT2D eigenvalue weighted by molar-refractivity contribution is -0.506. The van der Waals surface area contributed by atoms with Crippen molar-refractivity contribution in [3.63, 3.8) is 0 Å². The van der Waals surface area contributed by atoms with E-state index in [1.165, 1.54) is 6.07 Å². The average molecular weight is 267 g/mol. The minimum atomic E-state index is -0.912. The minimum Gasteiger partial charge on any atom is -0.337 e. The highest BCUT2D eigenvalue weighted by Crippen LogP contribution is 2.42. The predicted molar refractivity (Wildman–Crippen MR) is 67.3 cm³/mol. The van der Waals surface area contributed by atoms with E-state index in [1.807, 2.05) is 27.7 Å². The van der Waals surface area contributed by atoms with E-state index in [-0.39, 0.29) is 5.69 Å². The van der Waals surface area contributed by atoms with Crippen molar-refractivity contribution in [3.8, 4) is 0 Å². The van der Waals surface area contributed by atoms with Gasteiger partial charge in [-0.25, -0.2) is 4.89 Å². The second kappa shape index (κ2) is 4.56. The molecule has 1 unspecified atom stereocenters. The maximum atomic E-state index is 11.0. The van der Waals surface area contributed by atoms with Gasteiger partial charge in [0.25, 0.3) is 5.69 Å². The highest BCUT2D eigenvalue weighted by molar-refractivity contribution is 5.40. The van der Waals surface area contributed by atoms with Gasteiger partial charge in [-0.05, 0) is 33.8 Å². The van der Waals surface area contributed by atoms with E-state index < -0.39 is 22.4 Å². The number of hydrogen-bond acceptors (Lipinski definition) is 5. The van der Waals surface area contributed by atoms with Crippen LogP contribution in [0.4, 0.5) is 5.69 Å². The molecule has 1 fully saturated rings. The molecule has 1 aromatic carbocycles. The lowest BCUT2D eigenvalue weighted by atomic mass is 9.89. The number of para-hydroxylation sites is 1. The Morgan fingerprint density at radius 3 is 2.37 bits per heavy atom. The van der Waals surface area contributed by atoms with Gasteiger partial charge in [-0.15, -0.1) is 0 Å². The molecule has 104 valence electrons. The summed E-state index contributed by atoms with van der Waals surface area (Å²) in [6, 6.07) is 6.30. The molecule has 0 radical (unpaired) electrons. The molecule has 1 aliphatic heterocycles. The zero-order valence-corrected chi connectivity index (χ0v) is 11.4. The summed E-state index contributed by atoms with van der Waals surface area (Å²) < 4.78 is 5.81. The van der Waals surface area contributed by atoms with E-state index >= 15 is 0 Å². The maximum absolute atomic E-state index is 11.0. The molecule has 19 heavy (non-hydrogen) atoms. The van der Waals surface area contributed by atoms with Crippen LogP contribution in [0.1, 0.15) is 39.5 Å². The summed E-state index contributed by atoms with van der Waals surface area (Å²) in [7, 11) is 0. The van der Waals surface area contributed by atoms with E-state index in [0.29, 0.717) is 5.56 Å². The molecule has 0 aromatic heterocycles. The Bertz CT molecular complexity index is 498. The van der Waals surface area contributed by atoms with Crippen molar-refractivity contribution in [1.82, 2.24) is 0 Å². The molecule has 0 saturated carbocycles. The van der Waals surface area contributed by atoms with E-state index in [1.54, 1.807) is 18.2 Å². The molecule has 6 nitrogen and oxygen atoms in total. The van der Waals surface area contributed by atoms with Crippen molar-refractivity contribution in [2.45, 2.75) is 45.2 Å². The molecule has 0 spiro atoms. The minimum absolute atomic E-state index is 0.0494. The monoisotopic (exact) mass is 267 g/mol. The molecular formula is C13H17NO5. The van der Waals surface area contributed by atoms with Crippen LogP contribution < -0.4 is 0 Å². The standard InChI is InChI=1S/C13H17NO5/c1-12(2)13(3,4)19-18-11(17-12)9-7-5-6-8-10(9)14(15)16/h5-8,11H,1-4H3. The smallest absolute Gasteiger partial charge is 0.277 e. The van der Waals surface area contributed by atoms with Gasteiger partial charge in [-0.2, -0.15) is 4.89 Å². The largest absolute Gasteiger partial charge is 0.337 e. The number of hydrogen-bond donors (Lipinski definition) is 0. The molecule has 1 heterocycles. The van der Waals surface area contributed by atoms with Crippen LogP contribution in [0, 0.1) is 10.1 Å². The van der Waals surface area contributed by atoms with Crippen LogP contribution in [0.25, 0.3) is 0 Å². The van der Waals surface area contributed by atoms with Crippen molar-refractivity contribution in [2.75, 3.05) is 0 Å². The molecule has 0 aliphatic carbocycles. The Hall–Kier alpha value is -1.50. The van der Waals surface area contributed by atoms with Crippen LogP contribution in [-0.4, -0.2) is 16.1 Å². The molecule has 0 amide bonds. The van der Waals surface area contributed by atoms with Gasteiger partial charge in [0, 0.05) is 6.07 Å². The van der Waals surface area contributed by atoms with Gasteiger partial charge in [0.2, 0.25) is 6.29 Å². The fourth-order valence-electron chi connectivity index (χ4n) is 1.66. The molecule has 1 saturated heterocycles. The second-order valence-electron chi connectivity index (χ2n) is 5.47.